The average Bonchev–Trinajstić information content (AvgIpc) is 3.06. The normalized spacial score (nSPS) is 13.7. The number of pyridine rings is 1. The predicted octanol–water partition coefficient (Wildman–Crippen LogP) is 4.68. The van der Waals surface area contributed by atoms with E-state index in [0.29, 0.717) is 36.3 Å². The molecule has 2 aromatic carbocycles. The number of hydrogen-bond acceptors (Lipinski definition) is 4. The van der Waals surface area contributed by atoms with Gasteiger partial charge in [-0.25, -0.2) is 4.39 Å². The Morgan fingerprint density at radius 1 is 0.971 bits per heavy atom. The molecular formula is C28H28FN3O2. The maximum absolute atomic E-state index is 14.4. The van der Waals surface area contributed by atoms with E-state index in [0.717, 1.165) is 27.2 Å². The van der Waals surface area contributed by atoms with Crippen molar-refractivity contribution in [3.8, 4) is 0 Å². The van der Waals surface area contributed by atoms with Gasteiger partial charge in [0, 0.05) is 31.0 Å². The van der Waals surface area contributed by atoms with E-state index in [2.05, 4.69) is 4.98 Å². The largest absolute Gasteiger partial charge is 0.366 e. The molecule has 1 aliphatic heterocycles. The second kappa shape index (κ2) is 10.00. The van der Waals surface area contributed by atoms with Gasteiger partial charge < -0.3 is 4.90 Å². The Labute approximate surface area is 199 Å². The second-order valence-corrected chi connectivity index (χ2v) is 8.51. The van der Waals surface area contributed by atoms with Crippen molar-refractivity contribution in [1.29, 1.82) is 0 Å². The molecule has 2 amide bonds. The molecule has 0 atom stereocenters. The van der Waals surface area contributed by atoms with Crippen LogP contribution in [-0.4, -0.2) is 39.7 Å². The van der Waals surface area contributed by atoms with Crippen LogP contribution in [0.15, 0.2) is 72.7 Å². The second-order valence-electron chi connectivity index (χ2n) is 8.51. The number of amides is 2. The molecule has 4 rings (SSSR count). The van der Waals surface area contributed by atoms with Crippen molar-refractivity contribution in [2.75, 3.05) is 13.1 Å². The monoisotopic (exact) mass is 457 g/mol. The number of hydrogen-bond donors (Lipinski definition) is 0. The van der Waals surface area contributed by atoms with E-state index in [1.165, 1.54) is 6.07 Å². The molecule has 0 aliphatic carbocycles. The zero-order valence-corrected chi connectivity index (χ0v) is 19.7. The highest BCUT2D eigenvalue weighted by Crippen LogP contribution is 2.34. The third-order valence-corrected chi connectivity index (χ3v) is 6.20. The maximum atomic E-state index is 14.4. The molecule has 2 heterocycles. The number of aryl methyl sites for hydroxylation is 2. The smallest absolute Gasteiger partial charge is 0.278 e. The molecule has 6 heteroatoms. The van der Waals surface area contributed by atoms with E-state index < -0.39 is 11.7 Å². The van der Waals surface area contributed by atoms with Gasteiger partial charge in [0.05, 0.1) is 12.1 Å². The van der Waals surface area contributed by atoms with Gasteiger partial charge in [-0.05, 0) is 62.1 Å². The Balaban J connectivity index is 1.75. The fourth-order valence-corrected chi connectivity index (χ4v) is 4.38. The van der Waals surface area contributed by atoms with Gasteiger partial charge in [0.25, 0.3) is 11.8 Å². The number of carbonyl (C=O) groups is 2. The number of rotatable bonds is 8. The molecule has 0 saturated carbocycles. The highest BCUT2D eigenvalue weighted by molar-refractivity contribution is 6.35. The number of halogens is 1. The summed E-state index contributed by atoms with van der Waals surface area (Å²) in [5, 5.41) is 0. The van der Waals surface area contributed by atoms with Gasteiger partial charge in [-0.1, -0.05) is 42.0 Å². The van der Waals surface area contributed by atoms with E-state index in [-0.39, 0.29) is 12.5 Å². The van der Waals surface area contributed by atoms with Gasteiger partial charge in [-0.2, -0.15) is 0 Å². The lowest BCUT2D eigenvalue weighted by molar-refractivity contribution is -0.138. The highest BCUT2D eigenvalue weighted by atomic mass is 19.1. The summed E-state index contributed by atoms with van der Waals surface area (Å²) in [5.41, 5.74) is 4.91. The van der Waals surface area contributed by atoms with Crippen LogP contribution in [0, 0.1) is 19.7 Å². The van der Waals surface area contributed by atoms with Gasteiger partial charge in [0.2, 0.25) is 0 Å². The zero-order valence-electron chi connectivity index (χ0n) is 19.7. The van der Waals surface area contributed by atoms with Crippen molar-refractivity contribution in [3.05, 3.63) is 106 Å². The Morgan fingerprint density at radius 2 is 1.71 bits per heavy atom. The molecule has 0 saturated heterocycles. The average molecular weight is 458 g/mol. The fraction of sp³-hybridized carbons (Fsp3) is 0.250. The fourth-order valence-electron chi connectivity index (χ4n) is 4.38. The Hall–Kier alpha value is -3.80. The first-order valence-electron chi connectivity index (χ1n) is 11.5. The van der Waals surface area contributed by atoms with E-state index in [4.69, 9.17) is 0 Å². The van der Waals surface area contributed by atoms with E-state index >= 15 is 0 Å². The maximum Gasteiger partial charge on any atom is 0.278 e. The summed E-state index contributed by atoms with van der Waals surface area (Å²) < 4.78 is 14.4. The highest BCUT2D eigenvalue weighted by Gasteiger charge is 2.41. The van der Waals surface area contributed by atoms with Gasteiger partial charge >= 0.3 is 0 Å². The molecule has 5 nitrogen and oxygen atoms in total. The van der Waals surface area contributed by atoms with Gasteiger partial charge in [-0.15, -0.1) is 0 Å². The lowest BCUT2D eigenvalue weighted by atomic mass is 9.97. The van der Waals surface area contributed by atoms with Crippen molar-refractivity contribution >= 4 is 17.4 Å². The topological polar surface area (TPSA) is 53.5 Å². The van der Waals surface area contributed by atoms with E-state index in [1.807, 2.05) is 56.0 Å². The number of imide groups is 1. The lowest BCUT2D eigenvalue weighted by Crippen LogP contribution is -2.35. The van der Waals surface area contributed by atoms with Crippen LogP contribution in [0.2, 0.25) is 0 Å². The van der Waals surface area contributed by atoms with Crippen molar-refractivity contribution in [1.82, 2.24) is 14.8 Å². The van der Waals surface area contributed by atoms with Crippen LogP contribution in [0.4, 0.5) is 4.39 Å². The van der Waals surface area contributed by atoms with Crippen LogP contribution in [0.1, 0.15) is 34.7 Å². The van der Waals surface area contributed by atoms with Crippen LogP contribution in [0.25, 0.3) is 5.57 Å². The molecule has 0 N–H and O–H groups in total. The summed E-state index contributed by atoms with van der Waals surface area (Å²) in [4.78, 5) is 34.5. The minimum Gasteiger partial charge on any atom is -0.366 e. The summed E-state index contributed by atoms with van der Waals surface area (Å²) >= 11 is 0. The zero-order chi connectivity index (χ0) is 24.2. The molecule has 0 unspecified atom stereocenters. The van der Waals surface area contributed by atoms with Crippen LogP contribution in [0.3, 0.4) is 0 Å². The van der Waals surface area contributed by atoms with E-state index in [1.54, 1.807) is 30.6 Å². The SMILES string of the molecule is CCN(CCc1ccncc1)C1=C(c2ccc(C)cc2C)C(=O)N(Cc2ccccc2F)C1=O. The summed E-state index contributed by atoms with van der Waals surface area (Å²) in [7, 11) is 0. The molecule has 0 spiro atoms. The lowest BCUT2D eigenvalue weighted by Gasteiger charge is -2.25. The number of aromatic nitrogens is 1. The van der Waals surface area contributed by atoms with Crippen molar-refractivity contribution < 1.29 is 14.0 Å². The molecular weight excluding hydrogens is 429 g/mol. The molecule has 0 radical (unpaired) electrons. The first-order chi connectivity index (χ1) is 16.4. The standard InChI is InChI=1S/C28H28FN3O2/c1-4-31(16-13-21-11-14-30-15-12-21)26-25(23-10-9-19(2)17-20(23)3)27(33)32(28(26)34)18-22-7-5-6-8-24(22)29/h5-12,14-15,17H,4,13,16,18H2,1-3H3. The van der Waals surface area contributed by atoms with Gasteiger partial charge in [0.1, 0.15) is 11.5 Å². The molecule has 3 aromatic rings. The summed E-state index contributed by atoms with van der Waals surface area (Å²) in [6, 6.07) is 16.0. The van der Waals surface area contributed by atoms with Crippen LogP contribution in [-0.2, 0) is 22.6 Å². The number of nitrogens with zero attached hydrogens (tertiary/aromatic N) is 3. The predicted molar refractivity (Wildman–Crippen MR) is 130 cm³/mol. The van der Waals surface area contributed by atoms with Crippen molar-refractivity contribution in [2.45, 2.75) is 33.7 Å². The Kier molecular flexibility index (Phi) is 6.87. The van der Waals surface area contributed by atoms with Crippen molar-refractivity contribution in [2.24, 2.45) is 0 Å². The number of likely N-dealkylation sites (N-methyl/N-ethyl adjacent to an activating group) is 1. The molecule has 34 heavy (non-hydrogen) atoms. The third kappa shape index (κ3) is 4.62. The molecule has 0 fully saturated rings. The summed E-state index contributed by atoms with van der Waals surface area (Å²) in [6.07, 6.45) is 4.19. The van der Waals surface area contributed by atoms with Crippen LogP contribution >= 0.6 is 0 Å². The Morgan fingerprint density at radius 3 is 2.38 bits per heavy atom. The molecule has 1 aromatic heterocycles. The Bertz CT molecular complexity index is 1250. The number of benzene rings is 2. The first-order valence-corrected chi connectivity index (χ1v) is 11.5. The van der Waals surface area contributed by atoms with E-state index in [9.17, 15) is 14.0 Å². The molecule has 174 valence electrons. The minimum atomic E-state index is -0.436. The van der Waals surface area contributed by atoms with Gasteiger partial charge in [0.15, 0.2) is 0 Å². The van der Waals surface area contributed by atoms with Crippen LogP contribution < -0.4 is 0 Å². The first kappa shape index (κ1) is 23.4. The molecule has 1 aliphatic rings. The summed E-state index contributed by atoms with van der Waals surface area (Å²) in [5.74, 6) is -1.22. The third-order valence-electron chi connectivity index (χ3n) is 6.20. The molecule has 0 bridgehead atoms. The quantitative estimate of drug-likeness (QED) is 0.461. The van der Waals surface area contributed by atoms with Gasteiger partial charge in [-0.3, -0.25) is 19.5 Å². The minimum absolute atomic E-state index is 0.107. The van der Waals surface area contributed by atoms with Crippen molar-refractivity contribution in [3.63, 3.8) is 0 Å². The number of carbonyl (C=O) groups excluding carboxylic acids is 2. The van der Waals surface area contributed by atoms with Crippen LogP contribution in [0.5, 0.6) is 0 Å². The summed E-state index contributed by atoms with van der Waals surface area (Å²) in [6.45, 7) is 6.92.